The molecule has 4 rings (SSSR count). The molecule has 166 valence electrons. The number of carbonyl (C=O) groups excluding carboxylic acids is 2. The molecule has 0 atom stereocenters. The van der Waals surface area contributed by atoms with Crippen LogP contribution in [0.25, 0.3) is 5.65 Å². The van der Waals surface area contributed by atoms with Crippen molar-refractivity contribution in [2.24, 2.45) is 0 Å². The van der Waals surface area contributed by atoms with Crippen LogP contribution in [0.4, 0.5) is 10.5 Å². The zero-order chi connectivity index (χ0) is 22.5. The second-order valence-corrected chi connectivity index (χ2v) is 8.48. The molecule has 1 aliphatic heterocycles. The average Bonchev–Trinajstić information content (AvgIpc) is 3.26. The quantitative estimate of drug-likeness (QED) is 0.590. The van der Waals surface area contributed by atoms with Crippen molar-refractivity contribution in [1.82, 2.24) is 19.6 Å². The number of likely N-dealkylation sites (tertiary alicyclic amines) is 1. The average molecular weight is 432 g/mol. The number of rotatable bonds is 5. The van der Waals surface area contributed by atoms with Gasteiger partial charge in [0, 0.05) is 50.0 Å². The van der Waals surface area contributed by atoms with E-state index in [4.69, 9.17) is 0 Å². The number of carbonyl (C=O) groups is 2. The fraction of sp³-hybridized carbons (Fsp3) is 0.320. The van der Waals surface area contributed by atoms with Gasteiger partial charge in [0.2, 0.25) is 5.91 Å². The van der Waals surface area contributed by atoms with Crippen LogP contribution in [0.3, 0.4) is 0 Å². The van der Waals surface area contributed by atoms with Gasteiger partial charge in [0.15, 0.2) is 0 Å². The van der Waals surface area contributed by atoms with E-state index in [9.17, 15) is 9.59 Å². The smallest absolute Gasteiger partial charge is 0.319 e. The maximum atomic E-state index is 12.3. The summed E-state index contributed by atoms with van der Waals surface area (Å²) in [6.07, 6.45) is 9.18. The Bertz CT molecular complexity index is 1120. The molecule has 2 aromatic heterocycles. The molecule has 0 radical (unpaired) electrons. The van der Waals surface area contributed by atoms with Crippen molar-refractivity contribution in [3.05, 3.63) is 77.8 Å². The van der Waals surface area contributed by atoms with Crippen molar-refractivity contribution in [2.45, 2.75) is 39.2 Å². The summed E-state index contributed by atoms with van der Waals surface area (Å²) in [6, 6.07) is 11.7. The molecule has 0 aliphatic carbocycles. The number of aromatic nitrogens is 2. The molecular weight excluding hydrogens is 402 g/mol. The summed E-state index contributed by atoms with van der Waals surface area (Å²) in [6.45, 7) is 5.87. The first-order valence-electron chi connectivity index (χ1n) is 11.0. The van der Waals surface area contributed by atoms with E-state index in [1.165, 1.54) is 5.56 Å². The van der Waals surface area contributed by atoms with Gasteiger partial charge in [-0.15, -0.1) is 0 Å². The van der Waals surface area contributed by atoms with Crippen molar-refractivity contribution in [2.75, 3.05) is 18.4 Å². The van der Waals surface area contributed by atoms with Gasteiger partial charge in [-0.1, -0.05) is 17.7 Å². The lowest BCUT2D eigenvalue weighted by atomic mass is 9.89. The van der Waals surface area contributed by atoms with E-state index < -0.39 is 0 Å². The molecule has 1 fully saturated rings. The number of fused-ring (bicyclic) bond motifs is 1. The van der Waals surface area contributed by atoms with E-state index in [0.717, 1.165) is 48.4 Å². The highest BCUT2D eigenvalue weighted by molar-refractivity contribution is 5.89. The van der Waals surface area contributed by atoms with Crippen LogP contribution in [-0.4, -0.2) is 39.3 Å². The van der Waals surface area contributed by atoms with Crippen LogP contribution in [0.1, 0.15) is 43.7 Å². The van der Waals surface area contributed by atoms with Gasteiger partial charge in [0.1, 0.15) is 5.65 Å². The highest BCUT2D eigenvalue weighted by Crippen LogP contribution is 2.29. The largest absolute Gasteiger partial charge is 0.339 e. The molecular formula is C25H29N5O2. The molecule has 7 heteroatoms. The standard InChI is InChI=1S/C25H29N5O2/c1-18(2)15-24(31)30-12-8-21(9-13-30)20-3-5-22(6-4-20)28-25(32)27-17-19-7-11-29-14-10-26-23(29)16-19/h3-7,10-11,14-16,21H,8-9,12-13,17H2,1-2H3,(H2,27,28,32). The number of imidazole rings is 1. The Morgan fingerprint density at radius 2 is 1.84 bits per heavy atom. The number of urea groups is 1. The van der Waals surface area contributed by atoms with E-state index in [2.05, 4.69) is 27.8 Å². The summed E-state index contributed by atoms with van der Waals surface area (Å²) in [7, 11) is 0. The number of nitrogens with one attached hydrogen (secondary N) is 2. The van der Waals surface area contributed by atoms with Crippen molar-refractivity contribution in [3.8, 4) is 0 Å². The third kappa shape index (κ3) is 5.35. The van der Waals surface area contributed by atoms with Crippen LogP contribution in [0.2, 0.25) is 0 Å². The zero-order valence-corrected chi connectivity index (χ0v) is 18.5. The summed E-state index contributed by atoms with van der Waals surface area (Å²) in [5.74, 6) is 0.546. The fourth-order valence-electron chi connectivity index (χ4n) is 4.03. The van der Waals surface area contributed by atoms with Crippen LogP contribution < -0.4 is 10.6 Å². The summed E-state index contributed by atoms with van der Waals surface area (Å²) < 4.78 is 1.93. The van der Waals surface area contributed by atoms with Crippen LogP contribution in [0, 0.1) is 0 Å². The van der Waals surface area contributed by atoms with E-state index >= 15 is 0 Å². The number of piperidine rings is 1. The lowest BCUT2D eigenvalue weighted by molar-refractivity contribution is -0.127. The van der Waals surface area contributed by atoms with Gasteiger partial charge in [-0.2, -0.15) is 0 Å². The van der Waals surface area contributed by atoms with Crippen molar-refractivity contribution in [3.63, 3.8) is 0 Å². The second-order valence-electron chi connectivity index (χ2n) is 8.48. The van der Waals surface area contributed by atoms with Crippen molar-refractivity contribution >= 4 is 23.3 Å². The number of benzene rings is 1. The van der Waals surface area contributed by atoms with E-state index in [0.29, 0.717) is 12.5 Å². The Hall–Kier alpha value is -3.61. The van der Waals surface area contributed by atoms with Gasteiger partial charge in [0.05, 0.1) is 0 Å². The molecule has 3 amide bonds. The molecule has 7 nitrogen and oxygen atoms in total. The number of allylic oxidation sites excluding steroid dienone is 1. The Morgan fingerprint density at radius 1 is 1.09 bits per heavy atom. The van der Waals surface area contributed by atoms with Crippen LogP contribution in [0.5, 0.6) is 0 Å². The van der Waals surface area contributed by atoms with Gasteiger partial charge in [-0.25, -0.2) is 9.78 Å². The Kier molecular flexibility index (Phi) is 6.54. The highest BCUT2D eigenvalue weighted by Gasteiger charge is 2.22. The summed E-state index contributed by atoms with van der Waals surface area (Å²) in [5, 5.41) is 5.77. The first-order chi connectivity index (χ1) is 15.5. The molecule has 2 N–H and O–H groups in total. The van der Waals surface area contributed by atoms with E-state index in [-0.39, 0.29) is 11.9 Å². The molecule has 3 heterocycles. The number of pyridine rings is 1. The monoisotopic (exact) mass is 431 g/mol. The second kappa shape index (κ2) is 9.68. The highest BCUT2D eigenvalue weighted by atomic mass is 16.2. The molecule has 0 bridgehead atoms. The molecule has 0 spiro atoms. The molecule has 32 heavy (non-hydrogen) atoms. The molecule has 1 saturated heterocycles. The number of hydrogen-bond acceptors (Lipinski definition) is 3. The number of nitrogens with zero attached hydrogens (tertiary/aromatic N) is 3. The van der Waals surface area contributed by atoms with Crippen molar-refractivity contribution < 1.29 is 9.59 Å². The predicted molar refractivity (Wildman–Crippen MR) is 125 cm³/mol. The number of anilines is 1. The van der Waals surface area contributed by atoms with Crippen LogP contribution >= 0.6 is 0 Å². The molecule has 0 saturated carbocycles. The molecule has 3 aromatic rings. The Balaban J connectivity index is 1.26. The Labute approximate surface area is 188 Å². The summed E-state index contributed by atoms with van der Waals surface area (Å²) >= 11 is 0. The minimum Gasteiger partial charge on any atom is -0.339 e. The lowest BCUT2D eigenvalue weighted by Gasteiger charge is -2.31. The molecule has 1 aliphatic rings. The fourth-order valence-corrected chi connectivity index (χ4v) is 4.03. The molecule has 1 aromatic carbocycles. The van der Waals surface area contributed by atoms with Gasteiger partial charge in [-0.3, -0.25) is 4.79 Å². The Morgan fingerprint density at radius 3 is 2.56 bits per heavy atom. The first-order valence-corrected chi connectivity index (χ1v) is 11.0. The van der Waals surface area contributed by atoms with Crippen LogP contribution in [-0.2, 0) is 11.3 Å². The first kappa shape index (κ1) is 21.6. The van der Waals surface area contributed by atoms with Gasteiger partial charge in [-0.05, 0) is 68.0 Å². The minimum atomic E-state index is -0.243. The number of hydrogen-bond donors (Lipinski definition) is 2. The zero-order valence-electron chi connectivity index (χ0n) is 18.5. The van der Waals surface area contributed by atoms with E-state index in [1.807, 2.05) is 59.8 Å². The third-order valence-electron chi connectivity index (χ3n) is 5.77. The molecule has 0 unspecified atom stereocenters. The number of amides is 3. The topological polar surface area (TPSA) is 78.7 Å². The van der Waals surface area contributed by atoms with Crippen molar-refractivity contribution in [1.29, 1.82) is 0 Å². The van der Waals surface area contributed by atoms with Gasteiger partial charge >= 0.3 is 6.03 Å². The predicted octanol–water partition coefficient (Wildman–Crippen LogP) is 4.33. The SMILES string of the molecule is CC(C)=CC(=O)N1CCC(c2ccc(NC(=O)NCc3ccn4ccnc4c3)cc2)CC1. The van der Waals surface area contributed by atoms with Gasteiger partial charge < -0.3 is 19.9 Å². The summed E-state index contributed by atoms with van der Waals surface area (Å²) in [4.78, 5) is 30.6. The normalized spacial score (nSPS) is 14.2. The third-order valence-corrected chi connectivity index (χ3v) is 5.77. The van der Waals surface area contributed by atoms with Gasteiger partial charge in [0.25, 0.3) is 0 Å². The summed E-state index contributed by atoms with van der Waals surface area (Å²) in [5.41, 5.74) is 4.88. The lowest BCUT2D eigenvalue weighted by Crippen LogP contribution is -2.37. The minimum absolute atomic E-state index is 0.110. The van der Waals surface area contributed by atoms with E-state index in [1.54, 1.807) is 12.3 Å². The van der Waals surface area contributed by atoms with Crippen LogP contribution in [0.15, 0.2) is 66.6 Å². The maximum absolute atomic E-state index is 12.3. The maximum Gasteiger partial charge on any atom is 0.319 e.